The van der Waals surface area contributed by atoms with Gasteiger partial charge in [0, 0.05) is 11.0 Å². The van der Waals surface area contributed by atoms with Crippen molar-refractivity contribution in [1.29, 1.82) is 0 Å². The third-order valence-corrected chi connectivity index (χ3v) is 4.20. The van der Waals surface area contributed by atoms with Crippen LogP contribution in [-0.2, 0) is 4.79 Å². The van der Waals surface area contributed by atoms with Crippen LogP contribution in [-0.4, -0.2) is 10.9 Å². The van der Waals surface area contributed by atoms with E-state index in [1.165, 1.54) is 17.4 Å². The fraction of sp³-hybridized carbons (Fsp3) is 0. The number of hydrogen-bond donors (Lipinski definition) is 2. The molecule has 0 fully saturated rings. The Kier molecular flexibility index (Phi) is 4.03. The largest absolute Gasteiger partial charge is 0.298 e. The summed E-state index contributed by atoms with van der Waals surface area (Å²) in [6.45, 7) is 0. The van der Waals surface area contributed by atoms with Gasteiger partial charge in [-0.2, -0.15) is 0 Å². The molecule has 0 atom stereocenters. The number of anilines is 1. The summed E-state index contributed by atoms with van der Waals surface area (Å²) in [5, 5.41) is 3.36. The molecule has 1 N–H and O–H groups in total. The first kappa shape index (κ1) is 13.9. The Balaban J connectivity index is 1.77. The number of carbonyl (C=O) groups is 1. The Morgan fingerprint density at radius 2 is 1.81 bits per heavy atom. The second-order valence-electron chi connectivity index (χ2n) is 4.37. The Morgan fingerprint density at radius 1 is 1.10 bits per heavy atom. The molecular formula is C16H12N2OS2. The number of fused-ring (bicyclic) bond motifs is 1. The maximum atomic E-state index is 12.0. The molecule has 0 saturated carbocycles. The zero-order valence-corrected chi connectivity index (χ0v) is 12.7. The van der Waals surface area contributed by atoms with Crippen LogP contribution in [0.25, 0.3) is 15.1 Å². The van der Waals surface area contributed by atoms with E-state index in [1.54, 1.807) is 0 Å². The summed E-state index contributed by atoms with van der Waals surface area (Å²) < 4.78 is 1.05. The Labute approximate surface area is 131 Å². The van der Waals surface area contributed by atoms with Crippen molar-refractivity contribution in [2.75, 3.05) is 5.32 Å². The Bertz CT molecular complexity index is 776. The van der Waals surface area contributed by atoms with Gasteiger partial charge in [0.05, 0.1) is 10.2 Å². The second kappa shape index (κ2) is 6.11. The summed E-state index contributed by atoms with van der Waals surface area (Å²) in [4.78, 5) is 17.0. The molecule has 3 rings (SSSR count). The minimum absolute atomic E-state index is 0.233. The van der Waals surface area contributed by atoms with Gasteiger partial charge >= 0.3 is 0 Å². The number of thiazole rings is 1. The lowest BCUT2D eigenvalue weighted by molar-refractivity contribution is -0.111. The predicted molar refractivity (Wildman–Crippen MR) is 91.7 cm³/mol. The summed E-state index contributed by atoms with van der Waals surface area (Å²) in [5.74, 6) is -0.233. The van der Waals surface area contributed by atoms with Gasteiger partial charge in [0.1, 0.15) is 0 Å². The number of para-hydroxylation sites is 1. The summed E-state index contributed by atoms with van der Waals surface area (Å²) in [6.07, 6.45) is 1.46. The number of aromatic nitrogens is 1. The van der Waals surface area contributed by atoms with Crippen molar-refractivity contribution in [1.82, 2.24) is 4.98 Å². The van der Waals surface area contributed by atoms with Gasteiger partial charge in [0.15, 0.2) is 5.13 Å². The maximum absolute atomic E-state index is 12.0. The van der Waals surface area contributed by atoms with Gasteiger partial charge in [-0.3, -0.25) is 10.1 Å². The van der Waals surface area contributed by atoms with Crippen molar-refractivity contribution in [2.45, 2.75) is 0 Å². The third-order valence-electron chi connectivity index (χ3n) is 2.86. The van der Waals surface area contributed by atoms with E-state index >= 15 is 0 Å². The molecule has 0 saturated heterocycles. The predicted octanol–water partition coefficient (Wildman–Crippen LogP) is 4.21. The van der Waals surface area contributed by atoms with E-state index in [9.17, 15) is 4.79 Å². The highest BCUT2D eigenvalue weighted by Gasteiger charge is 2.06. The number of benzene rings is 2. The van der Waals surface area contributed by atoms with Gasteiger partial charge < -0.3 is 0 Å². The number of hydrogen-bond acceptors (Lipinski definition) is 4. The van der Waals surface area contributed by atoms with E-state index in [0.29, 0.717) is 10.0 Å². The normalized spacial score (nSPS) is 11.6. The van der Waals surface area contributed by atoms with Gasteiger partial charge in [0.2, 0.25) is 0 Å². The lowest BCUT2D eigenvalue weighted by atomic mass is 10.2. The van der Waals surface area contributed by atoms with Crippen LogP contribution in [0.4, 0.5) is 5.13 Å². The summed E-state index contributed by atoms with van der Waals surface area (Å²) in [7, 11) is 0. The van der Waals surface area contributed by atoms with E-state index in [4.69, 9.17) is 0 Å². The first-order valence-corrected chi connectivity index (χ1v) is 7.61. The molecule has 0 radical (unpaired) electrons. The molecule has 21 heavy (non-hydrogen) atoms. The SMILES string of the molecule is O=C(C=C(S)c1ccccc1)Nc1nc2ccccc2s1. The maximum Gasteiger partial charge on any atom is 0.251 e. The molecule has 0 aliphatic rings. The molecule has 1 amide bonds. The molecule has 0 aliphatic heterocycles. The van der Waals surface area contributed by atoms with Crippen LogP contribution < -0.4 is 5.32 Å². The van der Waals surface area contributed by atoms with Crippen LogP contribution in [0.1, 0.15) is 5.56 Å². The number of carbonyl (C=O) groups excluding carboxylic acids is 1. The van der Waals surface area contributed by atoms with Crippen molar-refractivity contribution >= 4 is 50.1 Å². The fourth-order valence-electron chi connectivity index (χ4n) is 1.88. The minimum atomic E-state index is -0.233. The lowest BCUT2D eigenvalue weighted by Crippen LogP contribution is -2.07. The molecule has 0 unspecified atom stereocenters. The van der Waals surface area contributed by atoms with E-state index in [-0.39, 0.29) is 5.91 Å². The van der Waals surface area contributed by atoms with Crippen molar-refractivity contribution in [3.63, 3.8) is 0 Å². The zero-order valence-electron chi connectivity index (χ0n) is 11.0. The molecule has 1 aromatic heterocycles. The molecule has 0 aliphatic carbocycles. The molecule has 104 valence electrons. The number of nitrogens with one attached hydrogen (secondary N) is 1. The molecule has 0 spiro atoms. The molecule has 2 aromatic carbocycles. The van der Waals surface area contributed by atoms with Crippen molar-refractivity contribution in [3.05, 3.63) is 66.2 Å². The number of nitrogens with zero attached hydrogens (tertiary/aromatic N) is 1. The topological polar surface area (TPSA) is 42.0 Å². The van der Waals surface area contributed by atoms with E-state index in [1.807, 2.05) is 54.6 Å². The second-order valence-corrected chi connectivity index (χ2v) is 5.88. The average Bonchev–Trinajstić information content (AvgIpc) is 2.90. The van der Waals surface area contributed by atoms with Crippen LogP contribution >= 0.6 is 24.0 Å². The van der Waals surface area contributed by atoms with Gasteiger partial charge in [-0.15, -0.1) is 12.6 Å². The minimum Gasteiger partial charge on any atom is -0.298 e. The average molecular weight is 312 g/mol. The summed E-state index contributed by atoms with van der Waals surface area (Å²) in [5.41, 5.74) is 1.79. The molecule has 3 aromatic rings. The quantitative estimate of drug-likeness (QED) is 0.562. The van der Waals surface area contributed by atoms with Crippen molar-refractivity contribution < 1.29 is 4.79 Å². The van der Waals surface area contributed by atoms with Crippen molar-refractivity contribution in [2.24, 2.45) is 0 Å². The molecule has 0 bridgehead atoms. The van der Waals surface area contributed by atoms with Crippen LogP contribution in [0, 0.1) is 0 Å². The third kappa shape index (κ3) is 3.32. The van der Waals surface area contributed by atoms with Crippen molar-refractivity contribution in [3.8, 4) is 0 Å². The number of thiol groups is 1. The monoisotopic (exact) mass is 312 g/mol. The number of amides is 1. The standard InChI is InChI=1S/C16H12N2OS2/c19-15(10-13(20)11-6-2-1-3-7-11)18-16-17-12-8-4-5-9-14(12)21-16/h1-10,20H,(H,17,18,19). The van der Waals surface area contributed by atoms with E-state index in [0.717, 1.165) is 15.8 Å². The fourth-order valence-corrected chi connectivity index (χ4v) is 3.02. The first-order valence-electron chi connectivity index (χ1n) is 6.35. The first-order chi connectivity index (χ1) is 10.2. The highest BCUT2D eigenvalue weighted by Crippen LogP contribution is 2.25. The number of rotatable bonds is 3. The van der Waals surface area contributed by atoms with Crippen LogP contribution in [0.15, 0.2) is 60.7 Å². The Hall–Kier alpha value is -2.11. The van der Waals surface area contributed by atoms with E-state index < -0.39 is 0 Å². The lowest BCUT2D eigenvalue weighted by Gasteiger charge is -2.00. The smallest absolute Gasteiger partial charge is 0.251 e. The Morgan fingerprint density at radius 3 is 2.57 bits per heavy atom. The summed E-state index contributed by atoms with van der Waals surface area (Å²) >= 11 is 5.81. The van der Waals surface area contributed by atoms with Gasteiger partial charge in [-0.05, 0) is 17.7 Å². The van der Waals surface area contributed by atoms with Gasteiger partial charge in [0.25, 0.3) is 5.91 Å². The zero-order chi connectivity index (χ0) is 14.7. The van der Waals surface area contributed by atoms with Gasteiger partial charge in [-0.25, -0.2) is 4.98 Å². The van der Waals surface area contributed by atoms with Crippen LogP contribution in [0.5, 0.6) is 0 Å². The van der Waals surface area contributed by atoms with Crippen LogP contribution in [0.2, 0.25) is 0 Å². The highest BCUT2D eigenvalue weighted by atomic mass is 32.1. The molecule has 5 heteroatoms. The van der Waals surface area contributed by atoms with Gasteiger partial charge in [-0.1, -0.05) is 53.8 Å². The highest BCUT2D eigenvalue weighted by molar-refractivity contribution is 7.90. The summed E-state index contributed by atoms with van der Waals surface area (Å²) in [6, 6.07) is 17.3. The van der Waals surface area contributed by atoms with E-state index in [2.05, 4.69) is 22.9 Å². The molecule has 1 heterocycles. The van der Waals surface area contributed by atoms with Crippen LogP contribution in [0.3, 0.4) is 0 Å². The molecular weight excluding hydrogens is 300 g/mol. The molecule has 3 nitrogen and oxygen atoms in total.